The molecule has 0 spiro atoms. The van der Waals surface area contributed by atoms with E-state index >= 15 is 0 Å². The lowest BCUT2D eigenvalue weighted by Gasteiger charge is -2.41. The normalized spacial score (nSPS) is 46.7. The van der Waals surface area contributed by atoms with E-state index < -0.39 is 0 Å². The predicted molar refractivity (Wildman–Crippen MR) is 84.3 cm³/mol. The molecule has 4 saturated carbocycles. The molecule has 128 valence electrons. The molecule has 0 amide bonds. The fourth-order valence-corrected chi connectivity index (χ4v) is 6.28. The molecule has 4 nitrogen and oxygen atoms in total. The van der Waals surface area contributed by atoms with Crippen molar-refractivity contribution < 1.29 is 19.1 Å². The summed E-state index contributed by atoms with van der Waals surface area (Å²) >= 11 is 0. The highest BCUT2D eigenvalue weighted by Gasteiger charge is 2.66. The average molecular weight is 320 g/mol. The molecule has 8 atom stereocenters. The quantitative estimate of drug-likeness (QED) is 0.443. The molecule has 0 aromatic carbocycles. The van der Waals surface area contributed by atoms with E-state index in [-0.39, 0.29) is 23.6 Å². The van der Waals surface area contributed by atoms with Gasteiger partial charge in [0.2, 0.25) is 0 Å². The van der Waals surface area contributed by atoms with Crippen molar-refractivity contribution in [3.63, 3.8) is 0 Å². The van der Waals surface area contributed by atoms with Crippen molar-refractivity contribution >= 4 is 12.4 Å². The molecule has 0 aromatic heterocycles. The molecule has 0 heterocycles. The molecular weight excluding hydrogens is 292 g/mol. The van der Waals surface area contributed by atoms with Gasteiger partial charge in [-0.3, -0.25) is 9.59 Å². The van der Waals surface area contributed by atoms with Crippen molar-refractivity contribution in [2.75, 3.05) is 0 Å². The Morgan fingerprint density at radius 3 is 2.17 bits per heavy atom. The van der Waals surface area contributed by atoms with Crippen molar-refractivity contribution in [3.8, 4) is 0 Å². The minimum absolute atomic E-state index is 0.0283. The highest BCUT2D eigenvalue weighted by Crippen LogP contribution is 2.68. The summed E-state index contributed by atoms with van der Waals surface area (Å²) in [5.41, 5.74) is -0.376. The van der Waals surface area contributed by atoms with E-state index in [0.717, 1.165) is 19.3 Å². The zero-order valence-corrected chi connectivity index (χ0v) is 14.4. The van der Waals surface area contributed by atoms with Crippen molar-refractivity contribution in [1.82, 2.24) is 0 Å². The topological polar surface area (TPSA) is 52.6 Å². The number of carbonyl (C=O) groups is 2. The Morgan fingerprint density at radius 2 is 1.61 bits per heavy atom. The second kappa shape index (κ2) is 5.22. The van der Waals surface area contributed by atoms with Crippen LogP contribution in [0.15, 0.2) is 0 Å². The van der Waals surface area contributed by atoms with Crippen molar-refractivity contribution in [1.29, 1.82) is 0 Å². The lowest BCUT2D eigenvalue weighted by molar-refractivity contribution is -0.166. The largest absolute Gasteiger partial charge is 0.464 e. The first kappa shape index (κ1) is 15.5. The van der Waals surface area contributed by atoms with Crippen LogP contribution in [0.3, 0.4) is 0 Å². The molecule has 0 aromatic rings. The number of fused-ring (bicyclic) bond motifs is 9. The monoisotopic (exact) mass is 320 g/mol. The van der Waals surface area contributed by atoms with Gasteiger partial charge in [-0.25, -0.2) is 0 Å². The van der Waals surface area contributed by atoms with Crippen LogP contribution in [-0.2, 0) is 19.1 Å². The van der Waals surface area contributed by atoms with Crippen LogP contribution in [0, 0.1) is 40.9 Å². The fourth-order valence-electron chi connectivity index (χ4n) is 6.28. The van der Waals surface area contributed by atoms with Gasteiger partial charge >= 0.3 is 5.97 Å². The average Bonchev–Trinajstić information content (AvgIpc) is 3.24. The number of hydrogen-bond acceptors (Lipinski definition) is 4. The van der Waals surface area contributed by atoms with Gasteiger partial charge in [-0.15, -0.1) is 0 Å². The van der Waals surface area contributed by atoms with E-state index in [1.807, 2.05) is 20.8 Å². The molecular formula is C19H28O4. The van der Waals surface area contributed by atoms with Crippen molar-refractivity contribution in [2.24, 2.45) is 40.9 Å². The van der Waals surface area contributed by atoms with E-state index in [9.17, 15) is 9.59 Å². The molecule has 4 fully saturated rings. The first-order valence-corrected chi connectivity index (χ1v) is 9.26. The van der Waals surface area contributed by atoms with Crippen molar-refractivity contribution in [2.45, 2.75) is 65.1 Å². The maximum Gasteiger partial charge on any atom is 0.311 e. The SMILES string of the molecule is CCC(C)(C)C(=O)OC1CC2CC1C1C3CC(OC=O)C(C3)C21. The Hall–Kier alpha value is -1.06. The number of ether oxygens (including phenoxy) is 2. The molecule has 8 unspecified atom stereocenters. The van der Waals surface area contributed by atoms with Gasteiger partial charge in [0, 0.05) is 0 Å². The Balaban J connectivity index is 1.45. The van der Waals surface area contributed by atoms with E-state index in [2.05, 4.69) is 0 Å². The number of esters is 1. The Morgan fingerprint density at radius 1 is 1.04 bits per heavy atom. The number of rotatable bonds is 5. The van der Waals surface area contributed by atoms with Gasteiger partial charge in [-0.2, -0.15) is 0 Å². The van der Waals surface area contributed by atoms with Gasteiger partial charge in [0.1, 0.15) is 12.2 Å². The zero-order valence-electron chi connectivity index (χ0n) is 14.4. The number of carbonyl (C=O) groups excluding carboxylic acids is 2. The highest BCUT2D eigenvalue weighted by molar-refractivity contribution is 5.76. The first-order valence-electron chi connectivity index (χ1n) is 9.26. The predicted octanol–water partition coefficient (Wildman–Crippen LogP) is 3.19. The third-order valence-electron chi connectivity index (χ3n) is 7.62. The smallest absolute Gasteiger partial charge is 0.311 e. The second-order valence-corrected chi connectivity index (χ2v) is 8.90. The lowest BCUT2D eigenvalue weighted by atomic mass is 9.69. The lowest BCUT2D eigenvalue weighted by Crippen LogP contribution is -2.42. The summed E-state index contributed by atoms with van der Waals surface area (Å²) in [5.74, 6) is 3.83. The summed E-state index contributed by atoms with van der Waals surface area (Å²) < 4.78 is 11.3. The molecule has 4 aliphatic rings. The van der Waals surface area contributed by atoms with Gasteiger partial charge in [-0.05, 0) is 81.5 Å². The molecule has 0 N–H and O–H groups in total. The molecule has 4 bridgehead atoms. The summed E-state index contributed by atoms with van der Waals surface area (Å²) in [6.07, 6.45) is 5.56. The summed E-state index contributed by atoms with van der Waals surface area (Å²) in [6, 6.07) is 0. The Bertz CT molecular complexity index is 513. The third kappa shape index (κ3) is 2.16. The minimum atomic E-state index is -0.376. The Labute approximate surface area is 138 Å². The molecule has 0 radical (unpaired) electrons. The van der Waals surface area contributed by atoms with Crippen LogP contribution in [0.5, 0.6) is 0 Å². The summed E-state index contributed by atoms with van der Waals surface area (Å²) in [5, 5.41) is 0. The summed E-state index contributed by atoms with van der Waals surface area (Å²) in [4.78, 5) is 23.1. The van der Waals surface area contributed by atoms with E-state index in [1.54, 1.807) is 0 Å². The van der Waals surface area contributed by atoms with E-state index in [1.165, 1.54) is 12.8 Å². The fraction of sp³-hybridized carbons (Fsp3) is 0.895. The van der Waals surface area contributed by atoms with Gasteiger partial charge in [0.05, 0.1) is 5.41 Å². The van der Waals surface area contributed by atoms with Crippen LogP contribution in [0.1, 0.15) is 52.9 Å². The summed E-state index contributed by atoms with van der Waals surface area (Å²) in [6.45, 7) is 6.63. The molecule has 4 heteroatoms. The molecule has 4 aliphatic carbocycles. The van der Waals surface area contributed by atoms with Gasteiger partial charge in [0.15, 0.2) is 0 Å². The maximum atomic E-state index is 12.4. The second-order valence-electron chi connectivity index (χ2n) is 8.90. The molecule has 0 saturated heterocycles. The van der Waals surface area contributed by atoms with Gasteiger partial charge < -0.3 is 9.47 Å². The minimum Gasteiger partial charge on any atom is -0.464 e. The first-order chi connectivity index (χ1) is 11.0. The molecule has 0 aliphatic heterocycles. The van der Waals surface area contributed by atoms with Crippen LogP contribution in [-0.4, -0.2) is 24.6 Å². The van der Waals surface area contributed by atoms with E-state index in [4.69, 9.17) is 9.47 Å². The zero-order chi connectivity index (χ0) is 16.4. The van der Waals surface area contributed by atoms with E-state index in [0.29, 0.717) is 42.0 Å². The van der Waals surface area contributed by atoms with Crippen LogP contribution in [0.2, 0.25) is 0 Å². The van der Waals surface area contributed by atoms with Crippen LogP contribution >= 0.6 is 0 Å². The standard InChI is InChI=1S/C19H28O4/c1-4-19(2,3)18(21)23-15-8-11-6-13(15)17-10-5-12(16(11)17)14(7-10)22-9-20/h9-17H,4-8H2,1-3H3. The maximum absolute atomic E-state index is 12.4. The van der Waals surface area contributed by atoms with Gasteiger partial charge in [0.25, 0.3) is 6.47 Å². The Kier molecular flexibility index (Phi) is 3.51. The molecule has 23 heavy (non-hydrogen) atoms. The summed E-state index contributed by atoms with van der Waals surface area (Å²) in [7, 11) is 0. The van der Waals surface area contributed by atoms with Crippen LogP contribution in [0.25, 0.3) is 0 Å². The third-order valence-corrected chi connectivity index (χ3v) is 7.62. The van der Waals surface area contributed by atoms with Crippen LogP contribution < -0.4 is 0 Å². The van der Waals surface area contributed by atoms with Crippen LogP contribution in [0.4, 0.5) is 0 Å². The van der Waals surface area contributed by atoms with Gasteiger partial charge in [-0.1, -0.05) is 6.92 Å². The number of hydrogen-bond donors (Lipinski definition) is 0. The van der Waals surface area contributed by atoms with Crippen molar-refractivity contribution in [3.05, 3.63) is 0 Å². The highest BCUT2D eigenvalue weighted by atomic mass is 16.5. The molecule has 4 rings (SSSR count).